The molecule has 3 rings (SSSR count). The van der Waals surface area contributed by atoms with Crippen molar-refractivity contribution in [3.05, 3.63) is 65.5 Å². The van der Waals surface area contributed by atoms with E-state index in [1.165, 1.54) is 11.1 Å². The van der Waals surface area contributed by atoms with Crippen LogP contribution in [0.4, 0.5) is 0 Å². The summed E-state index contributed by atoms with van der Waals surface area (Å²) in [6.07, 6.45) is 1.80. The van der Waals surface area contributed by atoms with Crippen molar-refractivity contribution in [2.45, 2.75) is 19.6 Å². The number of hydrogen-bond acceptors (Lipinski definition) is 4. The van der Waals surface area contributed by atoms with Gasteiger partial charge in [0.1, 0.15) is 0 Å². The molecule has 2 heterocycles. The zero-order valence-electron chi connectivity index (χ0n) is 15.3. The van der Waals surface area contributed by atoms with Crippen molar-refractivity contribution in [1.82, 2.24) is 20.5 Å². The van der Waals surface area contributed by atoms with Gasteiger partial charge in [0.2, 0.25) is 0 Å². The minimum atomic E-state index is 0.650. The summed E-state index contributed by atoms with van der Waals surface area (Å²) in [5.41, 5.74) is 3.57. The Morgan fingerprint density at radius 1 is 1.08 bits per heavy atom. The third kappa shape index (κ3) is 5.82. The molecule has 1 fully saturated rings. The fourth-order valence-electron chi connectivity index (χ4n) is 2.94. The highest BCUT2D eigenvalue weighted by molar-refractivity contribution is 5.79. The second kappa shape index (κ2) is 9.89. The van der Waals surface area contributed by atoms with Gasteiger partial charge in [-0.1, -0.05) is 30.3 Å². The molecule has 1 saturated heterocycles. The average molecular weight is 353 g/mol. The molecule has 2 N–H and O–H groups in total. The van der Waals surface area contributed by atoms with Gasteiger partial charge in [-0.2, -0.15) is 0 Å². The van der Waals surface area contributed by atoms with Crippen LogP contribution in [0.25, 0.3) is 0 Å². The Morgan fingerprint density at radius 2 is 1.88 bits per heavy atom. The molecular weight excluding hydrogens is 326 g/mol. The fourth-order valence-corrected chi connectivity index (χ4v) is 2.94. The lowest BCUT2D eigenvalue weighted by Crippen LogP contribution is -2.36. The van der Waals surface area contributed by atoms with Crippen molar-refractivity contribution >= 4 is 5.96 Å². The fraction of sp³-hybridized carbons (Fsp3) is 0.400. The number of aromatic nitrogens is 1. The van der Waals surface area contributed by atoms with Crippen LogP contribution < -0.4 is 10.6 Å². The Bertz CT molecular complexity index is 698. The highest BCUT2D eigenvalue weighted by Crippen LogP contribution is 2.10. The van der Waals surface area contributed by atoms with Crippen molar-refractivity contribution in [2.75, 3.05) is 33.4 Å². The summed E-state index contributed by atoms with van der Waals surface area (Å²) in [6.45, 7) is 6.04. The first-order chi connectivity index (χ1) is 12.8. The molecule has 138 valence electrons. The van der Waals surface area contributed by atoms with Gasteiger partial charge in [-0.05, 0) is 23.3 Å². The molecule has 6 heteroatoms. The molecule has 6 nitrogen and oxygen atoms in total. The monoisotopic (exact) mass is 353 g/mol. The standard InChI is InChI=1S/C20H27N5O/c1-21-20(24-15-19-7-2-3-8-22-19)23-14-17-5-4-6-18(13-17)16-25-9-11-26-12-10-25/h2-8,13H,9-12,14-16H2,1H3,(H2,21,23,24). The van der Waals surface area contributed by atoms with Gasteiger partial charge in [0.25, 0.3) is 0 Å². The predicted molar refractivity (Wildman–Crippen MR) is 104 cm³/mol. The summed E-state index contributed by atoms with van der Waals surface area (Å²) in [4.78, 5) is 11.0. The third-order valence-corrected chi connectivity index (χ3v) is 4.35. The van der Waals surface area contributed by atoms with Gasteiger partial charge in [-0.15, -0.1) is 0 Å². The van der Waals surface area contributed by atoms with Crippen LogP contribution in [0.1, 0.15) is 16.8 Å². The van der Waals surface area contributed by atoms with Crippen LogP contribution in [-0.4, -0.2) is 49.2 Å². The molecule has 0 spiro atoms. The molecule has 0 saturated carbocycles. The Labute approximate surface area is 155 Å². The van der Waals surface area contributed by atoms with Gasteiger partial charge in [0.05, 0.1) is 25.5 Å². The Hall–Kier alpha value is -2.44. The first kappa shape index (κ1) is 18.4. The van der Waals surface area contributed by atoms with E-state index < -0.39 is 0 Å². The van der Waals surface area contributed by atoms with Crippen LogP contribution in [0.3, 0.4) is 0 Å². The number of ether oxygens (including phenoxy) is 1. The van der Waals surface area contributed by atoms with E-state index in [2.05, 4.69) is 49.8 Å². The average Bonchev–Trinajstić information content (AvgIpc) is 2.70. The van der Waals surface area contributed by atoms with Gasteiger partial charge in [-0.3, -0.25) is 14.9 Å². The molecule has 0 radical (unpaired) electrons. The highest BCUT2D eigenvalue weighted by atomic mass is 16.5. The summed E-state index contributed by atoms with van der Waals surface area (Å²) in [7, 11) is 1.78. The number of rotatable bonds is 6. The molecule has 1 aromatic heterocycles. The number of pyridine rings is 1. The van der Waals surface area contributed by atoms with Crippen LogP contribution in [-0.2, 0) is 24.4 Å². The molecule has 26 heavy (non-hydrogen) atoms. The Kier molecular flexibility index (Phi) is 6.98. The van der Waals surface area contributed by atoms with E-state index in [1.54, 1.807) is 13.2 Å². The van der Waals surface area contributed by atoms with E-state index >= 15 is 0 Å². The van der Waals surface area contributed by atoms with Gasteiger partial charge >= 0.3 is 0 Å². The van der Waals surface area contributed by atoms with Gasteiger partial charge in [0.15, 0.2) is 5.96 Å². The highest BCUT2D eigenvalue weighted by Gasteiger charge is 2.10. The number of aliphatic imine (C=N–C) groups is 1. The molecule has 0 amide bonds. The second-order valence-corrected chi connectivity index (χ2v) is 6.31. The summed E-state index contributed by atoms with van der Waals surface area (Å²) in [5, 5.41) is 6.65. The maximum Gasteiger partial charge on any atom is 0.191 e. The molecule has 0 atom stereocenters. The van der Waals surface area contributed by atoms with Crippen molar-refractivity contribution in [1.29, 1.82) is 0 Å². The summed E-state index contributed by atoms with van der Waals surface area (Å²) >= 11 is 0. The van der Waals surface area contributed by atoms with Gasteiger partial charge in [-0.25, -0.2) is 0 Å². The topological polar surface area (TPSA) is 61.8 Å². The molecule has 2 aromatic rings. The maximum atomic E-state index is 5.42. The lowest BCUT2D eigenvalue weighted by Gasteiger charge is -2.26. The third-order valence-electron chi connectivity index (χ3n) is 4.35. The number of morpholine rings is 1. The lowest BCUT2D eigenvalue weighted by atomic mass is 10.1. The number of benzene rings is 1. The molecule has 0 aliphatic carbocycles. The lowest BCUT2D eigenvalue weighted by molar-refractivity contribution is 0.0342. The maximum absolute atomic E-state index is 5.42. The smallest absolute Gasteiger partial charge is 0.191 e. The van der Waals surface area contributed by atoms with Crippen molar-refractivity contribution in [3.8, 4) is 0 Å². The number of guanidine groups is 1. The molecule has 1 aliphatic rings. The first-order valence-electron chi connectivity index (χ1n) is 9.06. The minimum absolute atomic E-state index is 0.650. The summed E-state index contributed by atoms with van der Waals surface area (Å²) in [5.74, 6) is 0.772. The van der Waals surface area contributed by atoms with E-state index in [9.17, 15) is 0 Å². The molecule has 1 aromatic carbocycles. The second-order valence-electron chi connectivity index (χ2n) is 6.31. The van der Waals surface area contributed by atoms with Crippen LogP contribution in [0.5, 0.6) is 0 Å². The van der Waals surface area contributed by atoms with Gasteiger partial charge in [0, 0.05) is 39.4 Å². The van der Waals surface area contributed by atoms with Crippen LogP contribution in [0, 0.1) is 0 Å². The molecule has 0 unspecified atom stereocenters. The van der Waals surface area contributed by atoms with E-state index in [1.807, 2.05) is 18.2 Å². The van der Waals surface area contributed by atoms with Crippen molar-refractivity contribution in [2.24, 2.45) is 4.99 Å². The van der Waals surface area contributed by atoms with E-state index in [-0.39, 0.29) is 0 Å². The quantitative estimate of drug-likeness (QED) is 0.612. The van der Waals surface area contributed by atoms with E-state index in [4.69, 9.17) is 4.74 Å². The van der Waals surface area contributed by atoms with E-state index in [0.717, 1.165) is 51.0 Å². The Balaban J connectivity index is 1.49. The number of hydrogen-bond donors (Lipinski definition) is 2. The SMILES string of the molecule is CN=C(NCc1cccc(CN2CCOCC2)c1)NCc1ccccn1. The number of nitrogens with zero attached hydrogens (tertiary/aromatic N) is 3. The largest absolute Gasteiger partial charge is 0.379 e. The van der Waals surface area contributed by atoms with E-state index in [0.29, 0.717) is 6.54 Å². The number of nitrogens with one attached hydrogen (secondary N) is 2. The Morgan fingerprint density at radius 3 is 2.65 bits per heavy atom. The summed E-state index contributed by atoms with van der Waals surface area (Å²) in [6, 6.07) is 14.6. The van der Waals surface area contributed by atoms with Crippen LogP contribution in [0.2, 0.25) is 0 Å². The van der Waals surface area contributed by atoms with Crippen LogP contribution in [0.15, 0.2) is 53.7 Å². The van der Waals surface area contributed by atoms with Crippen molar-refractivity contribution in [3.63, 3.8) is 0 Å². The minimum Gasteiger partial charge on any atom is -0.379 e. The zero-order valence-corrected chi connectivity index (χ0v) is 15.3. The van der Waals surface area contributed by atoms with Crippen LogP contribution >= 0.6 is 0 Å². The first-order valence-corrected chi connectivity index (χ1v) is 9.06. The zero-order chi connectivity index (χ0) is 18.0. The molecule has 0 bridgehead atoms. The summed E-state index contributed by atoms with van der Waals surface area (Å²) < 4.78 is 5.42. The predicted octanol–water partition coefficient (Wildman–Crippen LogP) is 1.78. The molecule has 1 aliphatic heterocycles. The van der Waals surface area contributed by atoms with Gasteiger partial charge < -0.3 is 15.4 Å². The molecular formula is C20H27N5O. The van der Waals surface area contributed by atoms with Crippen molar-refractivity contribution < 1.29 is 4.74 Å². The normalized spacial score (nSPS) is 15.7.